The first-order valence-electron chi connectivity index (χ1n) is 13.6. The SMILES string of the molecule is CC(=O)N[C@@H](CCN1[C@@H]2CC[C@H]1C[C@@H](n1c(C)nc3c1CCN(C(=O)C(C)C)C3)C2)c1ccc(C#N)s1. The summed E-state index contributed by atoms with van der Waals surface area (Å²) in [6.07, 6.45) is 6.41. The zero-order chi connectivity index (χ0) is 26.3. The number of aryl methyl sites for hydroxylation is 1. The van der Waals surface area contributed by atoms with Crippen molar-refractivity contribution in [2.45, 2.75) is 96.9 Å². The van der Waals surface area contributed by atoms with Crippen molar-refractivity contribution in [2.75, 3.05) is 13.1 Å². The van der Waals surface area contributed by atoms with Crippen LogP contribution in [0.25, 0.3) is 0 Å². The number of imidazole rings is 1. The summed E-state index contributed by atoms with van der Waals surface area (Å²) in [6.45, 7) is 9.97. The first-order valence-corrected chi connectivity index (χ1v) is 14.4. The Labute approximate surface area is 223 Å². The zero-order valence-electron chi connectivity index (χ0n) is 22.4. The third-order valence-corrected chi connectivity index (χ3v) is 9.50. The lowest BCUT2D eigenvalue weighted by molar-refractivity contribution is -0.135. The maximum Gasteiger partial charge on any atom is 0.225 e. The van der Waals surface area contributed by atoms with Gasteiger partial charge in [0.2, 0.25) is 11.8 Å². The number of hydrogen-bond acceptors (Lipinski definition) is 6. The first kappa shape index (κ1) is 25.9. The molecule has 1 N–H and O–H groups in total. The molecular weight excluding hydrogens is 484 g/mol. The number of hydrogen-bond donors (Lipinski definition) is 1. The minimum absolute atomic E-state index is 0.0168. The molecule has 8 nitrogen and oxygen atoms in total. The molecule has 5 heterocycles. The van der Waals surface area contributed by atoms with Crippen molar-refractivity contribution in [3.63, 3.8) is 0 Å². The number of nitrogens with one attached hydrogen (secondary N) is 1. The van der Waals surface area contributed by atoms with Crippen molar-refractivity contribution in [3.8, 4) is 6.07 Å². The van der Waals surface area contributed by atoms with Gasteiger partial charge in [-0.25, -0.2) is 4.98 Å². The standard InChI is InChI=1S/C28H38N6O2S/c1-17(2)28(36)32-11-10-26-25(16-32)30-18(3)34(26)22-13-20-5-6-21(14-22)33(20)12-9-24(31-19(4)35)27-8-7-23(15-29)37-27/h7-8,17,20-22,24H,5-6,9-14,16H2,1-4H3,(H,31,35)/t20-,21+,22+,24-/m0/s1. The van der Waals surface area contributed by atoms with Gasteiger partial charge >= 0.3 is 0 Å². The fraction of sp³-hybridized carbons (Fsp3) is 0.643. The first-order chi connectivity index (χ1) is 17.7. The second kappa shape index (κ2) is 10.6. The zero-order valence-corrected chi connectivity index (χ0v) is 23.2. The van der Waals surface area contributed by atoms with Crippen molar-refractivity contribution in [3.05, 3.63) is 39.1 Å². The van der Waals surface area contributed by atoms with Gasteiger partial charge in [-0.2, -0.15) is 5.26 Å². The highest BCUT2D eigenvalue weighted by Crippen LogP contribution is 2.43. The second-order valence-corrected chi connectivity index (χ2v) is 12.3. The lowest BCUT2D eigenvalue weighted by Gasteiger charge is -2.41. The van der Waals surface area contributed by atoms with E-state index >= 15 is 0 Å². The molecule has 2 aromatic heterocycles. The van der Waals surface area contributed by atoms with E-state index in [1.807, 2.05) is 30.9 Å². The van der Waals surface area contributed by atoms with Crippen molar-refractivity contribution >= 4 is 23.2 Å². The van der Waals surface area contributed by atoms with Crippen LogP contribution in [0.1, 0.15) is 91.9 Å². The molecule has 0 spiro atoms. The number of carbonyl (C=O) groups is 2. The number of amides is 2. The van der Waals surface area contributed by atoms with Gasteiger partial charge in [-0.15, -0.1) is 11.3 Å². The number of carbonyl (C=O) groups excluding carboxylic acids is 2. The van der Waals surface area contributed by atoms with Crippen LogP contribution in [0.4, 0.5) is 0 Å². The van der Waals surface area contributed by atoms with E-state index in [0.29, 0.717) is 29.5 Å². The molecule has 0 aliphatic carbocycles. The summed E-state index contributed by atoms with van der Waals surface area (Å²) >= 11 is 1.47. The Hall–Kier alpha value is -2.70. The fourth-order valence-electron chi connectivity index (χ4n) is 6.81. The Morgan fingerprint density at radius 1 is 1.22 bits per heavy atom. The molecule has 2 amide bonds. The summed E-state index contributed by atoms with van der Waals surface area (Å²) in [6, 6.07) is 7.52. The number of fused-ring (bicyclic) bond motifs is 3. The number of aromatic nitrogens is 2. The summed E-state index contributed by atoms with van der Waals surface area (Å²) in [7, 11) is 0. The van der Waals surface area contributed by atoms with Gasteiger partial charge in [-0.1, -0.05) is 13.8 Å². The Morgan fingerprint density at radius 2 is 1.95 bits per heavy atom. The second-order valence-electron chi connectivity index (χ2n) is 11.2. The molecule has 37 heavy (non-hydrogen) atoms. The van der Waals surface area contributed by atoms with E-state index in [0.717, 1.165) is 55.2 Å². The molecule has 0 saturated carbocycles. The number of nitriles is 1. The van der Waals surface area contributed by atoms with Crippen LogP contribution in [0.3, 0.4) is 0 Å². The number of thiophene rings is 1. The predicted octanol–water partition coefficient (Wildman–Crippen LogP) is 4.10. The molecule has 2 bridgehead atoms. The van der Waals surface area contributed by atoms with E-state index in [1.54, 1.807) is 6.92 Å². The highest BCUT2D eigenvalue weighted by molar-refractivity contribution is 7.12. The van der Waals surface area contributed by atoms with Crippen molar-refractivity contribution in [1.29, 1.82) is 5.26 Å². The maximum absolute atomic E-state index is 12.6. The predicted molar refractivity (Wildman–Crippen MR) is 143 cm³/mol. The Bertz CT molecular complexity index is 1200. The van der Waals surface area contributed by atoms with E-state index in [-0.39, 0.29) is 23.8 Å². The Kier molecular flexibility index (Phi) is 7.42. The molecule has 0 radical (unpaired) electrons. The minimum atomic E-state index is -0.0545. The fourth-order valence-corrected chi connectivity index (χ4v) is 7.70. The van der Waals surface area contributed by atoms with Gasteiger partial charge in [0.25, 0.3) is 0 Å². The van der Waals surface area contributed by atoms with Gasteiger partial charge in [0.1, 0.15) is 16.8 Å². The number of rotatable bonds is 7. The van der Waals surface area contributed by atoms with Gasteiger partial charge in [-0.3, -0.25) is 14.5 Å². The average molecular weight is 523 g/mol. The normalized spacial score (nSPS) is 24.1. The quantitative estimate of drug-likeness (QED) is 0.591. The molecule has 5 rings (SSSR count). The van der Waals surface area contributed by atoms with Crippen LogP contribution in [0.15, 0.2) is 12.1 Å². The number of piperidine rings is 1. The van der Waals surface area contributed by atoms with Gasteiger partial charge in [0, 0.05) is 61.0 Å². The van der Waals surface area contributed by atoms with Crippen molar-refractivity contribution < 1.29 is 9.59 Å². The lowest BCUT2D eigenvalue weighted by atomic mass is 9.95. The topological polar surface area (TPSA) is 94.3 Å². The highest BCUT2D eigenvalue weighted by Gasteiger charge is 2.42. The molecule has 3 aliphatic heterocycles. The van der Waals surface area contributed by atoms with Crippen molar-refractivity contribution in [1.82, 2.24) is 24.7 Å². The smallest absolute Gasteiger partial charge is 0.225 e. The molecule has 2 fully saturated rings. The Balaban J connectivity index is 1.26. The molecule has 4 atom stereocenters. The summed E-state index contributed by atoms with van der Waals surface area (Å²) in [5.74, 6) is 1.28. The van der Waals surface area contributed by atoms with Gasteiger partial charge < -0.3 is 14.8 Å². The van der Waals surface area contributed by atoms with Crippen LogP contribution < -0.4 is 5.32 Å². The maximum atomic E-state index is 12.6. The van der Waals surface area contributed by atoms with Crippen LogP contribution in [-0.4, -0.2) is 56.3 Å². The van der Waals surface area contributed by atoms with Crippen LogP contribution >= 0.6 is 11.3 Å². The summed E-state index contributed by atoms with van der Waals surface area (Å²) in [5.41, 5.74) is 2.42. The van der Waals surface area contributed by atoms with E-state index < -0.39 is 0 Å². The third kappa shape index (κ3) is 5.19. The molecular formula is C28H38N6O2S. The highest BCUT2D eigenvalue weighted by atomic mass is 32.1. The van der Waals surface area contributed by atoms with Gasteiger partial charge in [-0.05, 0) is 51.2 Å². The van der Waals surface area contributed by atoms with Gasteiger partial charge in [0.15, 0.2) is 0 Å². The minimum Gasteiger partial charge on any atom is -0.349 e. The van der Waals surface area contributed by atoms with Crippen molar-refractivity contribution in [2.24, 2.45) is 5.92 Å². The van der Waals surface area contributed by atoms with Gasteiger partial charge in [0.05, 0.1) is 18.3 Å². The molecule has 198 valence electrons. The summed E-state index contributed by atoms with van der Waals surface area (Å²) < 4.78 is 2.50. The van der Waals surface area contributed by atoms with Crippen LogP contribution in [0, 0.1) is 24.2 Å². The Morgan fingerprint density at radius 3 is 2.57 bits per heavy atom. The lowest BCUT2D eigenvalue weighted by Crippen LogP contribution is -2.45. The van der Waals surface area contributed by atoms with E-state index in [4.69, 9.17) is 4.98 Å². The average Bonchev–Trinajstić information content (AvgIpc) is 3.53. The monoisotopic (exact) mass is 522 g/mol. The largest absolute Gasteiger partial charge is 0.349 e. The molecule has 0 aromatic carbocycles. The molecule has 9 heteroatoms. The summed E-state index contributed by atoms with van der Waals surface area (Å²) in [5, 5.41) is 12.3. The number of nitrogens with zero attached hydrogens (tertiary/aromatic N) is 5. The van der Waals surface area contributed by atoms with E-state index in [2.05, 4.69) is 27.8 Å². The molecule has 2 aromatic rings. The van der Waals surface area contributed by atoms with E-state index in [9.17, 15) is 14.9 Å². The van der Waals surface area contributed by atoms with Crippen LogP contribution in [0.5, 0.6) is 0 Å². The van der Waals surface area contributed by atoms with E-state index in [1.165, 1.54) is 29.9 Å². The molecule has 2 saturated heterocycles. The third-order valence-electron chi connectivity index (χ3n) is 8.39. The van der Waals surface area contributed by atoms with Crippen LogP contribution in [-0.2, 0) is 22.6 Å². The summed E-state index contributed by atoms with van der Waals surface area (Å²) in [4.78, 5) is 35.8. The molecule has 3 aliphatic rings. The van der Waals surface area contributed by atoms with Crippen LogP contribution in [0.2, 0.25) is 0 Å². The molecule has 0 unspecified atom stereocenters.